The zero-order chi connectivity index (χ0) is 14.4. The summed E-state index contributed by atoms with van der Waals surface area (Å²) in [5, 5.41) is 8.90. The lowest BCUT2D eigenvalue weighted by Crippen LogP contribution is -2.34. The predicted molar refractivity (Wildman–Crippen MR) is 76.7 cm³/mol. The van der Waals surface area contributed by atoms with Gasteiger partial charge in [-0.3, -0.25) is 9.59 Å². The molecular formula is C13H16ClNO3S. The van der Waals surface area contributed by atoms with Crippen LogP contribution < -0.4 is 0 Å². The zero-order valence-electron chi connectivity index (χ0n) is 10.8. The molecule has 1 rings (SSSR count). The number of hydrogen-bond donors (Lipinski definition) is 1. The van der Waals surface area contributed by atoms with Gasteiger partial charge in [0.15, 0.2) is 0 Å². The van der Waals surface area contributed by atoms with E-state index in [1.165, 1.54) is 16.7 Å². The molecule has 104 valence electrons. The monoisotopic (exact) mass is 301 g/mol. The molecule has 0 bridgehead atoms. The summed E-state index contributed by atoms with van der Waals surface area (Å²) < 4.78 is 0. The average Bonchev–Trinajstić information content (AvgIpc) is 2.37. The molecule has 0 aliphatic rings. The van der Waals surface area contributed by atoms with Crippen molar-refractivity contribution in [1.29, 1.82) is 0 Å². The first kappa shape index (κ1) is 15.9. The van der Waals surface area contributed by atoms with Crippen molar-refractivity contribution in [2.45, 2.75) is 23.5 Å². The Morgan fingerprint density at radius 3 is 2.63 bits per heavy atom. The van der Waals surface area contributed by atoms with E-state index in [9.17, 15) is 9.59 Å². The van der Waals surface area contributed by atoms with Crippen LogP contribution in [0.1, 0.15) is 13.3 Å². The van der Waals surface area contributed by atoms with Gasteiger partial charge >= 0.3 is 5.97 Å². The molecule has 0 spiro atoms. The fourth-order valence-corrected chi connectivity index (χ4v) is 2.73. The third-order valence-corrected chi connectivity index (χ3v) is 4.13. The topological polar surface area (TPSA) is 57.6 Å². The van der Waals surface area contributed by atoms with Crippen molar-refractivity contribution in [3.05, 3.63) is 29.3 Å². The quantitative estimate of drug-likeness (QED) is 0.821. The molecule has 1 aromatic rings. The van der Waals surface area contributed by atoms with Crippen molar-refractivity contribution >= 4 is 35.2 Å². The van der Waals surface area contributed by atoms with Gasteiger partial charge in [0.05, 0.1) is 16.7 Å². The molecule has 0 fully saturated rings. The van der Waals surface area contributed by atoms with Crippen LogP contribution in [-0.2, 0) is 9.59 Å². The van der Waals surface area contributed by atoms with Crippen LogP contribution in [0.25, 0.3) is 0 Å². The molecule has 1 unspecified atom stereocenters. The fraction of sp³-hybridized carbons (Fsp3) is 0.385. The molecule has 0 aliphatic heterocycles. The average molecular weight is 302 g/mol. The van der Waals surface area contributed by atoms with E-state index >= 15 is 0 Å². The Balaban J connectivity index is 2.57. The van der Waals surface area contributed by atoms with Gasteiger partial charge in [0.25, 0.3) is 0 Å². The molecule has 1 aromatic carbocycles. The van der Waals surface area contributed by atoms with Crippen LogP contribution in [-0.4, -0.2) is 40.7 Å². The lowest BCUT2D eigenvalue weighted by atomic mass is 10.3. The second-order valence-corrected chi connectivity index (χ2v) is 5.88. The van der Waals surface area contributed by atoms with Gasteiger partial charge in [-0.1, -0.05) is 23.7 Å². The third-order valence-electron chi connectivity index (χ3n) is 2.53. The molecule has 0 saturated heterocycles. The van der Waals surface area contributed by atoms with E-state index in [1.807, 2.05) is 18.2 Å². The fourth-order valence-electron chi connectivity index (χ4n) is 1.47. The highest BCUT2D eigenvalue weighted by Gasteiger charge is 2.19. The van der Waals surface area contributed by atoms with Crippen molar-refractivity contribution in [3.63, 3.8) is 0 Å². The van der Waals surface area contributed by atoms with Gasteiger partial charge in [-0.15, -0.1) is 11.8 Å². The third kappa shape index (κ3) is 5.12. The Hall–Kier alpha value is -1.20. The summed E-state index contributed by atoms with van der Waals surface area (Å²) in [6.07, 6.45) is -0.0499. The van der Waals surface area contributed by atoms with Gasteiger partial charge in [0.1, 0.15) is 0 Å². The normalized spacial score (nSPS) is 11.9. The van der Waals surface area contributed by atoms with Crippen LogP contribution in [0.5, 0.6) is 0 Å². The van der Waals surface area contributed by atoms with Crippen molar-refractivity contribution in [2.24, 2.45) is 0 Å². The van der Waals surface area contributed by atoms with E-state index in [1.54, 1.807) is 20.0 Å². The van der Waals surface area contributed by atoms with Crippen LogP contribution in [0.3, 0.4) is 0 Å². The maximum absolute atomic E-state index is 12.0. The molecule has 0 aromatic heterocycles. The summed E-state index contributed by atoms with van der Waals surface area (Å²) >= 11 is 7.40. The lowest BCUT2D eigenvalue weighted by Gasteiger charge is -2.20. The van der Waals surface area contributed by atoms with Gasteiger partial charge in [-0.05, 0) is 19.1 Å². The number of thioether (sulfide) groups is 1. The molecule has 0 heterocycles. The van der Waals surface area contributed by atoms with E-state index in [2.05, 4.69) is 0 Å². The van der Waals surface area contributed by atoms with Gasteiger partial charge in [0, 0.05) is 18.5 Å². The molecule has 4 nitrogen and oxygen atoms in total. The molecule has 0 radical (unpaired) electrons. The van der Waals surface area contributed by atoms with Crippen LogP contribution in [0.4, 0.5) is 0 Å². The number of amides is 1. The Morgan fingerprint density at radius 1 is 1.42 bits per heavy atom. The Labute approximate surface area is 121 Å². The van der Waals surface area contributed by atoms with Gasteiger partial charge in [0.2, 0.25) is 5.91 Å². The van der Waals surface area contributed by atoms with Crippen molar-refractivity contribution in [3.8, 4) is 0 Å². The summed E-state index contributed by atoms with van der Waals surface area (Å²) in [5.41, 5.74) is 0. The molecule has 19 heavy (non-hydrogen) atoms. The molecule has 0 saturated carbocycles. The lowest BCUT2D eigenvalue weighted by molar-refractivity contribution is -0.138. The number of aliphatic carboxylic acids is 1. The number of rotatable bonds is 6. The second kappa shape index (κ2) is 7.40. The van der Waals surface area contributed by atoms with E-state index in [4.69, 9.17) is 16.7 Å². The Morgan fingerprint density at radius 2 is 2.05 bits per heavy atom. The predicted octanol–water partition coefficient (Wildman–Crippen LogP) is 2.75. The smallest absolute Gasteiger partial charge is 0.305 e. The largest absolute Gasteiger partial charge is 0.481 e. The number of benzene rings is 1. The summed E-state index contributed by atoms with van der Waals surface area (Å²) in [6.45, 7) is 2.00. The van der Waals surface area contributed by atoms with Gasteiger partial charge in [-0.2, -0.15) is 0 Å². The Kier molecular flexibility index (Phi) is 6.18. The zero-order valence-corrected chi connectivity index (χ0v) is 12.4. The number of carbonyl (C=O) groups excluding carboxylic acids is 1. The standard InChI is InChI=1S/C13H16ClNO3S/c1-9(13(18)15(2)8-7-12(16)17)19-11-6-4-3-5-10(11)14/h3-6,9H,7-8H2,1-2H3,(H,16,17). The van der Waals surface area contributed by atoms with Crippen LogP contribution in [0.15, 0.2) is 29.2 Å². The summed E-state index contributed by atoms with van der Waals surface area (Å²) in [4.78, 5) is 24.8. The van der Waals surface area contributed by atoms with E-state index in [0.29, 0.717) is 5.02 Å². The van der Waals surface area contributed by atoms with Crippen LogP contribution >= 0.6 is 23.4 Å². The number of halogens is 1. The summed E-state index contributed by atoms with van der Waals surface area (Å²) in [6, 6.07) is 7.32. The first-order valence-corrected chi connectivity index (χ1v) is 7.05. The number of nitrogens with zero attached hydrogens (tertiary/aromatic N) is 1. The first-order chi connectivity index (χ1) is 8.91. The van der Waals surface area contributed by atoms with Crippen molar-refractivity contribution < 1.29 is 14.7 Å². The highest BCUT2D eigenvalue weighted by atomic mass is 35.5. The number of carboxylic acids is 1. The molecule has 6 heteroatoms. The molecule has 0 aliphatic carbocycles. The van der Waals surface area contributed by atoms with Gasteiger partial charge < -0.3 is 10.0 Å². The highest BCUT2D eigenvalue weighted by molar-refractivity contribution is 8.00. The molecule has 1 N–H and O–H groups in total. The van der Waals surface area contributed by atoms with Gasteiger partial charge in [-0.25, -0.2) is 0 Å². The van der Waals surface area contributed by atoms with Crippen molar-refractivity contribution in [1.82, 2.24) is 4.90 Å². The number of carboxylic acid groups (broad SMARTS) is 1. The minimum Gasteiger partial charge on any atom is -0.481 e. The highest BCUT2D eigenvalue weighted by Crippen LogP contribution is 2.30. The minimum absolute atomic E-state index is 0.0499. The summed E-state index contributed by atoms with van der Waals surface area (Å²) in [5.74, 6) is -1.02. The first-order valence-electron chi connectivity index (χ1n) is 5.79. The summed E-state index contributed by atoms with van der Waals surface area (Å²) in [7, 11) is 1.61. The minimum atomic E-state index is -0.911. The number of carbonyl (C=O) groups is 2. The van der Waals surface area contributed by atoms with Crippen LogP contribution in [0.2, 0.25) is 5.02 Å². The van der Waals surface area contributed by atoms with E-state index < -0.39 is 5.97 Å². The molecular weight excluding hydrogens is 286 g/mol. The number of hydrogen-bond acceptors (Lipinski definition) is 3. The maximum atomic E-state index is 12.0. The second-order valence-electron chi connectivity index (χ2n) is 4.09. The molecule has 1 atom stereocenters. The van der Waals surface area contributed by atoms with E-state index in [-0.39, 0.29) is 24.1 Å². The molecule has 1 amide bonds. The van der Waals surface area contributed by atoms with E-state index in [0.717, 1.165) is 4.90 Å². The Bertz CT molecular complexity index is 467. The SMILES string of the molecule is CC(Sc1ccccc1Cl)C(=O)N(C)CCC(=O)O. The van der Waals surface area contributed by atoms with Crippen LogP contribution in [0, 0.1) is 0 Å². The maximum Gasteiger partial charge on any atom is 0.305 e. The van der Waals surface area contributed by atoms with Crippen molar-refractivity contribution in [2.75, 3.05) is 13.6 Å².